The summed E-state index contributed by atoms with van der Waals surface area (Å²) < 4.78 is 0. The normalized spacial score (nSPS) is 11.3. The molecule has 0 amide bonds. The Hall–Kier alpha value is -3.61. The molecule has 0 atom stereocenters. The molecule has 0 aliphatic rings. The Morgan fingerprint density at radius 2 is 1.88 bits per heavy atom. The number of benzene rings is 2. The summed E-state index contributed by atoms with van der Waals surface area (Å²) in [5, 5.41) is 15.9. The molecule has 0 aliphatic heterocycles. The standard InChI is InChI=1S/C17H13N5O2/c23-22(24)16-10-4-1-6-13(16)7-5-11-20-21-17-14-8-2-3-9-15(14)18-12-19-17/h1-12H,(H,18,19,21)/b7-5+,20-11-. The number of fused-ring (bicyclic) bond motifs is 1. The zero-order valence-corrected chi connectivity index (χ0v) is 12.5. The summed E-state index contributed by atoms with van der Waals surface area (Å²) in [5.74, 6) is 0.593. The molecule has 0 saturated heterocycles. The molecule has 1 aromatic heterocycles. The lowest BCUT2D eigenvalue weighted by Crippen LogP contribution is -1.94. The van der Waals surface area contributed by atoms with E-state index in [1.54, 1.807) is 30.4 Å². The van der Waals surface area contributed by atoms with Crippen molar-refractivity contribution >= 4 is 34.7 Å². The Kier molecular flexibility index (Phi) is 4.52. The number of nitro groups is 1. The minimum absolute atomic E-state index is 0.0527. The van der Waals surface area contributed by atoms with E-state index in [9.17, 15) is 10.1 Å². The fourth-order valence-corrected chi connectivity index (χ4v) is 2.18. The predicted molar refractivity (Wildman–Crippen MR) is 93.8 cm³/mol. The van der Waals surface area contributed by atoms with E-state index >= 15 is 0 Å². The van der Waals surface area contributed by atoms with Crippen molar-refractivity contribution in [3.63, 3.8) is 0 Å². The fraction of sp³-hybridized carbons (Fsp3) is 0. The number of aromatic nitrogens is 2. The van der Waals surface area contributed by atoms with Crippen LogP contribution in [-0.4, -0.2) is 21.1 Å². The number of hydrogen-bond donors (Lipinski definition) is 1. The van der Waals surface area contributed by atoms with Crippen LogP contribution in [0.5, 0.6) is 0 Å². The molecule has 0 spiro atoms. The number of hydrogen-bond acceptors (Lipinski definition) is 6. The second kappa shape index (κ2) is 7.10. The Balaban J connectivity index is 1.72. The second-order valence-corrected chi connectivity index (χ2v) is 4.80. The highest BCUT2D eigenvalue weighted by Gasteiger charge is 2.08. The van der Waals surface area contributed by atoms with Crippen LogP contribution in [0.2, 0.25) is 0 Å². The number of rotatable bonds is 5. The lowest BCUT2D eigenvalue weighted by atomic mass is 10.2. The molecule has 1 heterocycles. The Morgan fingerprint density at radius 1 is 1.08 bits per heavy atom. The molecular formula is C17H13N5O2. The summed E-state index contributed by atoms with van der Waals surface area (Å²) >= 11 is 0. The average Bonchev–Trinajstić information content (AvgIpc) is 2.62. The smallest absolute Gasteiger partial charge is 0.261 e. The van der Waals surface area contributed by atoms with Gasteiger partial charge in [0.05, 0.1) is 16.0 Å². The molecule has 3 aromatic rings. The van der Waals surface area contributed by atoms with Crippen LogP contribution in [0.1, 0.15) is 5.56 Å². The van der Waals surface area contributed by atoms with Gasteiger partial charge in [-0.25, -0.2) is 9.97 Å². The van der Waals surface area contributed by atoms with Crippen LogP contribution < -0.4 is 5.43 Å². The van der Waals surface area contributed by atoms with E-state index < -0.39 is 4.92 Å². The van der Waals surface area contributed by atoms with Gasteiger partial charge in [0.25, 0.3) is 5.69 Å². The third-order valence-corrected chi connectivity index (χ3v) is 3.28. The summed E-state index contributed by atoms with van der Waals surface area (Å²) in [5.41, 5.74) is 4.23. The summed E-state index contributed by atoms with van der Waals surface area (Å²) in [6.45, 7) is 0. The highest BCUT2D eigenvalue weighted by molar-refractivity contribution is 5.89. The molecule has 7 nitrogen and oxygen atoms in total. The molecule has 0 saturated carbocycles. The van der Waals surface area contributed by atoms with Crippen molar-refractivity contribution in [1.82, 2.24) is 9.97 Å². The van der Waals surface area contributed by atoms with E-state index in [0.717, 1.165) is 10.9 Å². The van der Waals surface area contributed by atoms with Gasteiger partial charge in [0.15, 0.2) is 5.82 Å². The molecule has 0 aliphatic carbocycles. The molecular weight excluding hydrogens is 306 g/mol. The zero-order chi connectivity index (χ0) is 16.8. The Morgan fingerprint density at radius 3 is 2.75 bits per heavy atom. The van der Waals surface area contributed by atoms with Gasteiger partial charge in [-0.05, 0) is 30.4 Å². The number of nitrogens with zero attached hydrogens (tertiary/aromatic N) is 4. The van der Waals surface area contributed by atoms with Crippen LogP contribution in [0.4, 0.5) is 11.5 Å². The maximum Gasteiger partial charge on any atom is 0.276 e. The molecule has 2 aromatic carbocycles. The van der Waals surface area contributed by atoms with Crippen molar-refractivity contribution < 1.29 is 4.92 Å². The summed E-state index contributed by atoms with van der Waals surface area (Å²) in [4.78, 5) is 18.8. The van der Waals surface area contributed by atoms with E-state index in [1.165, 1.54) is 18.6 Å². The van der Waals surface area contributed by atoms with Crippen molar-refractivity contribution in [2.24, 2.45) is 5.10 Å². The largest absolute Gasteiger partial charge is 0.276 e. The van der Waals surface area contributed by atoms with E-state index in [4.69, 9.17) is 0 Å². The third kappa shape index (κ3) is 3.41. The zero-order valence-electron chi connectivity index (χ0n) is 12.5. The molecule has 0 unspecified atom stereocenters. The highest BCUT2D eigenvalue weighted by atomic mass is 16.6. The van der Waals surface area contributed by atoms with E-state index in [-0.39, 0.29) is 5.69 Å². The SMILES string of the molecule is O=[N+]([O-])c1ccccc1/C=C/C=N\Nc1ncnc2ccccc12. The molecule has 3 rings (SSSR count). The quantitative estimate of drug-likeness (QED) is 0.440. The van der Waals surface area contributed by atoms with Crippen LogP contribution in [0.3, 0.4) is 0 Å². The molecule has 7 heteroatoms. The van der Waals surface area contributed by atoms with Crippen molar-refractivity contribution in [1.29, 1.82) is 0 Å². The summed E-state index contributed by atoms with van der Waals surface area (Å²) in [6, 6.07) is 14.1. The van der Waals surface area contributed by atoms with Crippen molar-refractivity contribution in [2.45, 2.75) is 0 Å². The maximum atomic E-state index is 10.9. The second-order valence-electron chi connectivity index (χ2n) is 4.80. The van der Waals surface area contributed by atoms with Gasteiger partial charge in [-0.15, -0.1) is 0 Å². The van der Waals surface area contributed by atoms with E-state index in [2.05, 4.69) is 20.5 Å². The third-order valence-electron chi connectivity index (χ3n) is 3.28. The highest BCUT2D eigenvalue weighted by Crippen LogP contribution is 2.19. The van der Waals surface area contributed by atoms with Crippen LogP contribution in [0, 0.1) is 10.1 Å². The average molecular weight is 319 g/mol. The maximum absolute atomic E-state index is 10.9. The van der Waals surface area contributed by atoms with Gasteiger partial charge in [-0.1, -0.05) is 24.3 Å². The monoisotopic (exact) mass is 319 g/mol. The number of para-hydroxylation sites is 2. The number of anilines is 1. The van der Waals surface area contributed by atoms with Crippen LogP contribution in [0.25, 0.3) is 17.0 Å². The van der Waals surface area contributed by atoms with Crippen LogP contribution in [0.15, 0.2) is 66.0 Å². The van der Waals surface area contributed by atoms with Crippen LogP contribution >= 0.6 is 0 Å². The molecule has 0 fully saturated rings. The van der Waals surface area contributed by atoms with E-state index in [0.29, 0.717) is 11.4 Å². The number of allylic oxidation sites excluding steroid dienone is 1. The lowest BCUT2D eigenvalue weighted by molar-refractivity contribution is -0.385. The molecule has 24 heavy (non-hydrogen) atoms. The first kappa shape index (κ1) is 15.3. The van der Waals surface area contributed by atoms with Crippen molar-refractivity contribution in [3.05, 3.63) is 76.6 Å². The van der Waals surface area contributed by atoms with Gasteiger partial charge in [-0.3, -0.25) is 15.5 Å². The van der Waals surface area contributed by atoms with Crippen LogP contribution in [-0.2, 0) is 0 Å². The first-order valence-electron chi connectivity index (χ1n) is 7.14. The Bertz CT molecular complexity index is 932. The number of nitro benzene ring substituents is 1. The molecule has 0 radical (unpaired) electrons. The number of hydrazone groups is 1. The van der Waals surface area contributed by atoms with Gasteiger partial charge in [0.2, 0.25) is 0 Å². The van der Waals surface area contributed by atoms with E-state index in [1.807, 2.05) is 24.3 Å². The Labute approximate surface area is 137 Å². The minimum Gasteiger partial charge on any atom is -0.261 e. The fourth-order valence-electron chi connectivity index (χ4n) is 2.18. The van der Waals surface area contributed by atoms with Gasteiger partial charge in [0.1, 0.15) is 6.33 Å². The first-order chi connectivity index (χ1) is 11.8. The summed E-state index contributed by atoms with van der Waals surface area (Å²) in [6.07, 6.45) is 6.22. The molecule has 118 valence electrons. The van der Waals surface area contributed by atoms with Gasteiger partial charge >= 0.3 is 0 Å². The van der Waals surface area contributed by atoms with Gasteiger partial charge in [-0.2, -0.15) is 5.10 Å². The minimum atomic E-state index is -0.415. The summed E-state index contributed by atoms with van der Waals surface area (Å²) in [7, 11) is 0. The molecule has 1 N–H and O–H groups in total. The first-order valence-corrected chi connectivity index (χ1v) is 7.14. The topological polar surface area (TPSA) is 93.3 Å². The predicted octanol–water partition coefficient (Wildman–Crippen LogP) is 3.65. The molecule has 0 bridgehead atoms. The lowest BCUT2D eigenvalue weighted by Gasteiger charge is -2.02. The van der Waals surface area contributed by atoms with Gasteiger partial charge < -0.3 is 0 Å². The number of nitrogens with one attached hydrogen (secondary N) is 1. The van der Waals surface area contributed by atoms with Gasteiger partial charge in [0, 0.05) is 17.7 Å². The van der Waals surface area contributed by atoms with Crippen molar-refractivity contribution in [2.75, 3.05) is 5.43 Å². The van der Waals surface area contributed by atoms with Crippen molar-refractivity contribution in [3.8, 4) is 0 Å².